The van der Waals surface area contributed by atoms with Gasteiger partial charge in [0.05, 0.1) is 19.2 Å². The highest BCUT2D eigenvalue weighted by atomic mass is 16.5. The second-order valence-electron chi connectivity index (χ2n) is 7.52. The van der Waals surface area contributed by atoms with Gasteiger partial charge in [-0.3, -0.25) is 15.0 Å². The summed E-state index contributed by atoms with van der Waals surface area (Å²) in [6, 6.07) is 16.5. The molecule has 2 aromatic carbocycles. The normalized spacial score (nSPS) is 16.5. The number of nitrogens with one attached hydrogen (secondary N) is 2. The molecule has 1 atom stereocenters. The van der Waals surface area contributed by atoms with E-state index in [1.165, 1.54) is 7.11 Å². The van der Waals surface area contributed by atoms with Crippen molar-refractivity contribution in [3.05, 3.63) is 65.7 Å². The van der Waals surface area contributed by atoms with Gasteiger partial charge in [-0.1, -0.05) is 30.3 Å². The fourth-order valence-electron chi connectivity index (χ4n) is 3.56. The maximum Gasteiger partial charge on any atom is 0.337 e. The Morgan fingerprint density at radius 3 is 2.39 bits per heavy atom. The fourth-order valence-corrected chi connectivity index (χ4v) is 3.56. The molecule has 0 spiro atoms. The summed E-state index contributed by atoms with van der Waals surface area (Å²) in [4.78, 5) is 40.1. The number of esters is 1. The van der Waals surface area contributed by atoms with Crippen molar-refractivity contribution in [1.82, 2.24) is 15.5 Å². The molecule has 1 aliphatic rings. The molecular formula is C23H28N4O4. The number of methoxy groups -OCH3 is 1. The number of carbonyl (C=O) groups excluding carboxylic acids is 3. The van der Waals surface area contributed by atoms with E-state index in [0.717, 1.165) is 24.3 Å². The van der Waals surface area contributed by atoms with Gasteiger partial charge in [0.1, 0.15) is 0 Å². The molecule has 3 rings (SSSR count). The molecule has 8 heteroatoms. The Balaban J connectivity index is 1.44. The van der Waals surface area contributed by atoms with Crippen LogP contribution in [0.1, 0.15) is 22.8 Å². The summed E-state index contributed by atoms with van der Waals surface area (Å²) in [7, 11) is 1.36. The lowest BCUT2D eigenvalue weighted by Crippen LogP contribution is -2.55. The highest BCUT2D eigenvalue weighted by molar-refractivity contribution is 5.95. The monoisotopic (exact) mass is 424 g/mol. The molecule has 31 heavy (non-hydrogen) atoms. The second kappa shape index (κ2) is 10.6. The molecular weight excluding hydrogens is 396 g/mol. The van der Waals surface area contributed by atoms with Gasteiger partial charge in [0.2, 0.25) is 5.91 Å². The van der Waals surface area contributed by atoms with E-state index in [4.69, 9.17) is 4.74 Å². The van der Waals surface area contributed by atoms with Gasteiger partial charge in [-0.05, 0) is 36.8 Å². The molecule has 1 fully saturated rings. The van der Waals surface area contributed by atoms with E-state index in [9.17, 15) is 14.4 Å². The summed E-state index contributed by atoms with van der Waals surface area (Å²) >= 11 is 0. The molecule has 3 amide bonds. The van der Waals surface area contributed by atoms with Crippen molar-refractivity contribution < 1.29 is 19.1 Å². The number of piperazine rings is 1. The third-order valence-electron chi connectivity index (χ3n) is 5.31. The van der Waals surface area contributed by atoms with E-state index in [-0.39, 0.29) is 24.5 Å². The number of amides is 3. The van der Waals surface area contributed by atoms with Gasteiger partial charge in [-0.15, -0.1) is 0 Å². The number of urea groups is 1. The van der Waals surface area contributed by atoms with Gasteiger partial charge in [-0.25, -0.2) is 9.59 Å². The summed E-state index contributed by atoms with van der Waals surface area (Å²) in [6.07, 6.45) is 0. The Labute approximate surface area is 182 Å². The first-order valence-corrected chi connectivity index (χ1v) is 10.2. The van der Waals surface area contributed by atoms with E-state index in [1.54, 1.807) is 12.1 Å². The first kappa shape index (κ1) is 22.3. The highest BCUT2D eigenvalue weighted by Gasteiger charge is 2.26. The van der Waals surface area contributed by atoms with Crippen molar-refractivity contribution in [3.8, 4) is 0 Å². The molecule has 0 saturated carbocycles. The van der Waals surface area contributed by atoms with Gasteiger partial charge in [0, 0.05) is 37.9 Å². The summed E-state index contributed by atoms with van der Waals surface area (Å²) < 4.78 is 4.73. The van der Waals surface area contributed by atoms with Crippen molar-refractivity contribution in [2.75, 3.05) is 38.2 Å². The predicted octanol–water partition coefficient (Wildman–Crippen LogP) is 2.01. The zero-order valence-electron chi connectivity index (χ0n) is 17.8. The second-order valence-corrected chi connectivity index (χ2v) is 7.52. The minimum Gasteiger partial charge on any atom is -0.465 e. The molecule has 1 unspecified atom stereocenters. The number of anilines is 1. The van der Waals surface area contributed by atoms with Crippen LogP contribution in [0.5, 0.6) is 0 Å². The van der Waals surface area contributed by atoms with Crippen LogP contribution in [0, 0.1) is 0 Å². The van der Waals surface area contributed by atoms with E-state index in [2.05, 4.69) is 27.4 Å². The molecule has 1 saturated heterocycles. The largest absolute Gasteiger partial charge is 0.465 e. The first-order chi connectivity index (χ1) is 15.0. The van der Waals surface area contributed by atoms with Crippen molar-refractivity contribution in [3.63, 3.8) is 0 Å². The molecule has 0 aromatic heterocycles. The lowest BCUT2D eigenvalue weighted by Gasteiger charge is -2.40. The van der Waals surface area contributed by atoms with E-state index in [1.807, 2.05) is 42.5 Å². The fraction of sp³-hybridized carbons (Fsp3) is 0.348. The van der Waals surface area contributed by atoms with E-state index < -0.39 is 6.03 Å². The number of nitrogens with zero attached hydrogens (tertiary/aromatic N) is 2. The van der Waals surface area contributed by atoms with Crippen molar-refractivity contribution in [2.24, 2.45) is 0 Å². The Morgan fingerprint density at radius 1 is 1.03 bits per heavy atom. The Kier molecular flexibility index (Phi) is 7.61. The van der Waals surface area contributed by atoms with Crippen LogP contribution in [0.15, 0.2) is 54.6 Å². The van der Waals surface area contributed by atoms with Crippen LogP contribution >= 0.6 is 0 Å². The summed E-state index contributed by atoms with van der Waals surface area (Å²) in [6.45, 7) is 4.76. The molecule has 1 heterocycles. The number of carbonyl (C=O) groups is 3. The molecule has 0 aliphatic carbocycles. The molecule has 2 N–H and O–H groups in total. The van der Waals surface area contributed by atoms with Crippen molar-refractivity contribution in [2.45, 2.75) is 19.5 Å². The van der Waals surface area contributed by atoms with Gasteiger partial charge in [-0.2, -0.15) is 0 Å². The third-order valence-corrected chi connectivity index (χ3v) is 5.31. The van der Waals surface area contributed by atoms with Gasteiger partial charge >= 0.3 is 12.0 Å². The summed E-state index contributed by atoms with van der Waals surface area (Å²) in [5.74, 6) is -0.683. The van der Waals surface area contributed by atoms with Crippen LogP contribution in [0.4, 0.5) is 10.5 Å². The highest BCUT2D eigenvalue weighted by Crippen LogP contribution is 2.20. The summed E-state index contributed by atoms with van der Waals surface area (Å²) in [5, 5.41) is 5.09. The maximum absolute atomic E-state index is 12.3. The van der Waals surface area contributed by atoms with Crippen molar-refractivity contribution >= 4 is 23.6 Å². The average Bonchev–Trinajstić information content (AvgIpc) is 2.79. The Hall–Kier alpha value is -3.39. The third kappa shape index (κ3) is 6.29. The van der Waals surface area contributed by atoms with Crippen LogP contribution < -0.4 is 15.5 Å². The topological polar surface area (TPSA) is 91.0 Å². The Bertz CT molecular complexity index is 902. The van der Waals surface area contributed by atoms with E-state index in [0.29, 0.717) is 18.7 Å². The molecule has 8 nitrogen and oxygen atoms in total. The molecule has 164 valence electrons. The molecule has 2 aromatic rings. The molecule has 0 bridgehead atoms. The van der Waals surface area contributed by atoms with Gasteiger partial charge in [0.25, 0.3) is 0 Å². The number of imide groups is 1. The van der Waals surface area contributed by atoms with Gasteiger partial charge in [0.15, 0.2) is 0 Å². The number of hydrogen-bond donors (Lipinski definition) is 2. The Morgan fingerprint density at radius 2 is 1.74 bits per heavy atom. The SMILES string of the molecule is COC(=O)c1ccc(N2CCN(CC(=O)NC(=O)NCc3ccccc3)C(C)C2)cc1. The van der Waals surface area contributed by atoms with Crippen LogP contribution in [-0.4, -0.2) is 62.1 Å². The van der Waals surface area contributed by atoms with Crippen LogP contribution in [0.25, 0.3) is 0 Å². The minimum atomic E-state index is -0.495. The smallest absolute Gasteiger partial charge is 0.337 e. The predicted molar refractivity (Wildman–Crippen MR) is 118 cm³/mol. The summed E-state index contributed by atoms with van der Waals surface area (Å²) in [5.41, 5.74) is 2.50. The average molecular weight is 425 g/mol. The van der Waals surface area contributed by atoms with Gasteiger partial charge < -0.3 is 15.0 Å². The lowest BCUT2D eigenvalue weighted by atomic mass is 10.1. The maximum atomic E-state index is 12.3. The van der Waals surface area contributed by atoms with Crippen LogP contribution in [0.3, 0.4) is 0 Å². The number of ether oxygens (including phenoxy) is 1. The van der Waals surface area contributed by atoms with Crippen LogP contribution in [-0.2, 0) is 16.1 Å². The number of rotatable bonds is 6. The van der Waals surface area contributed by atoms with Crippen LogP contribution in [0.2, 0.25) is 0 Å². The standard InChI is InChI=1S/C23H28N4O4/c1-17-15-27(20-10-8-19(9-11-20)22(29)31-2)13-12-26(17)16-21(28)25-23(30)24-14-18-6-4-3-5-7-18/h3-11,17H,12-16H2,1-2H3,(H2,24,25,28,30). The quantitative estimate of drug-likeness (QED) is 0.690. The molecule has 0 radical (unpaired) electrons. The molecule has 1 aliphatic heterocycles. The lowest BCUT2D eigenvalue weighted by molar-refractivity contribution is -0.121. The zero-order chi connectivity index (χ0) is 22.2. The van der Waals surface area contributed by atoms with Crippen molar-refractivity contribution in [1.29, 1.82) is 0 Å². The number of benzene rings is 2. The van der Waals surface area contributed by atoms with E-state index >= 15 is 0 Å². The first-order valence-electron chi connectivity index (χ1n) is 10.2. The minimum absolute atomic E-state index is 0.132. The number of hydrogen-bond acceptors (Lipinski definition) is 6. The zero-order valence-corrected chi connectivity index (χ0v) is 17.8.